The second-order valence-electron chi connectivity index (χ2n) is 6.27. The zero-order valence-corrected chi connectivity index (χ0v) is 14.0. The van der Waals surface area contributed by atoms with Crippen LogP contribution in [0.4, 0.5) is 5.69 Å². The summed E-state index contributed by atoms with van der Waals surface area (Å²) < 4.78 is 1.43. The fourth-order valence-corrected chi connectivity index (χ4v) is 3.39. The van der Waals surface area contributed by atoms with Crippen molar-refractivity contribution in [3.8, 4) is 0 Å². The highest BCUT2D eigenvalue weighted by molar-refractivity contribution is 6.32. The van der Waals surface area contributed by atoms with Gasteiger partial charge in [0.25, 0.3) is 5.56 Å². The smallest absolute Gasteiger partial charge is 0.287 e. The van der Waals surface area contributed by atoms with Gasteiger partial charge in [-0.25, -0.2) is 4.68 Å². The summed E-state index contributed by atoms with van der Waals surface area (Å²) in [5.41, 5.74) is 0.464. The van der Waals surface area contributed by atoms with E-state index in [1.165, 1.54) is 36.8 Å². The molecule has 0 spiro atoms. The molecular formula is C16H26ClN3O. The summed E-state index contributed by atoms with van der Waals surface area (Å²) >= 11 is 6.25. The van der Waals surface area contributed by atoms with Crippen LogP contribution in [0.25, 0.3) is 0 Å². The van der Waals surface area contributed by atoms with Crippen molar-refractivity contribution in [3.05, 3.63) is 21.6 Å². The Labute approximate surface area is 131 Å². The molecule has 1 heterocycles. The van der Waals surface area contributed by atoms with Crippen molar-refractivity contribution in [2.24, 2.45) is 5.92 Å². The molecule has 1 fully saturated rings. The van der Waals surface area contributed by atoms with Gasteiger partial charge in [-0.1, -0.05) is 37.8 Å². The van der Waals surface area contributed by atoms with E-state index in [0.717, 1.165) is 6.42 Å². The predicted octanol–water partition coefficient (Wildman–Crippen LogP) is 4.25. The SMILES string of the molecule is CCC(Nc1cnn(C(C)C)c(=O)c1Cl)C1CCCCC1. The average molecular weight is 312 g/mol. The van der Waals surface area contributed by atoms with E-state index < -0.39 is 0 Å². The Balaban J connectivity index is 2.17. The van der Waals surface area contributed by atoms with E-state index in [1.807, 2.05) is 13.8 Å². The maximum absolute atomic E-state index is 12.2. The molecule has 1 saturated carbocycles. The van der Waals surface area contributed by atoms with Gasteiger partial charge in [0.05, 0.1) is 17.9 Å². The third-order valence-corrected chi connectivity index (χ3v) is 4.80. The number of nitrogens with one attached hydrogen (secondary N) is 1. The van der Waals surface area contributed by atoms with Gasteiger partial charge in [0.2, 0.25) is 0 Å². The van der Waals surface area contributed by atoms with Crippen LogP contribution in [0.1, 0.15) is 65.3 Å². The number of aromatic nitrogens is 2. The van der Waals surface area contributed by atoms with Gasteiger partial charge in [0, 0.05) is 6.04 Å². The van der Waals surface area contributed by atoms with Crippen LogP contribution in [0.2, 0.25) is 5.02 Å². The number of nitrogens with zero attached hydrogens (tertiary/aromatic N) is 2. The van der Waals surface area contributed by atoms with Crippen LogP contribution in [0.5, 0.6) is 0 Å². The van der Waals surface area contributed by atoms with Gasteiger partial charge >= 0.3 is 0 Å². The maximum atomic E-state index is 12.2. The standard InChI is InChI=1S/C16H26ClN3O/c1-4-13(12-8-6-5-7-9-12)19-14-10-18-20(11(2)3)16(21)15(14)17/h10-13,19H,4-9H2,1-3H3. The van der Waals surface area contributed by atoms with Crippen LogP contribution in [-0.4, -0.2) is 15.8 Å². The zero-order valence-electron chi connectivity index (χ0n) is 13.2. The summed E-state index contributed by atoms with van der Waals surface area (Å²) in [7, 11) is 0. The van der Waals surface area contributed by atoms with Crippen LogP contribution in [0.15, 0.2) is 11.0 Å². The summed E-state index contributed by atoms with van der Waals surface area (Å²) in [6.45, 7) is 6.03. The Bertz CT molecular complexity index is 521. The van der Waals surface area contributed by atoms with Crippen molar-refractivity contribution in [2.45, 2.75) is 71.4 Å². The normalized spacial score (nSPS) is 18.0. The molecule has 1 N–H and O–H groups in total. The quantitative estimate of drug-likeness (QED) is 0.884. The summed E-state index contributed by atoms with van der Waals surface area (Å²) in [6.07, 6.45) is 9.22. The average Bonchev–Trinajstić information content (AvgIpc) is 2.49. The van der Waals surface area contributed by atoms with E-state index in [1.54, 1.807) is 6.20 Å². The molecule has 0 saturated heterocycles. The Hall–Kier alpha value is -1.03. The van der Waals surface area contributed by atoms with E-state index in [-0.39, 0.29) is 16.6 Å². The molecule has 118 valence electrons. The molecule has 1 aliphatic rings. The van der Waals surface area contributed by atoms with Gasteiger partial charge < -0.3 is 5.32 Å². The van der Waals surface area contributed by atoms with Crippen molar-refractivity contribution in [2.75, 3.05) is 5.32 Å². The number of rotatable bonds is 5. The number of hydrogen-bond acceptors (Lipinski definition) is 3. The van der Waals surface area contributed by atoms with Crippen LogP contribution in [-0.2, 0) is 0 Å². The van der Waals surface area contributed by atoms with Gasteiger partial charge in [-0.15, -0.1) is 0 Å². The zero-order chi connectivity index (χ0) is 15.4. The van der Waals surface area contributed by atoms with Crippen molar-refractivity contribution < 1.29 is 0 Å². The van der Waals surface area contributed by atoms with E-state index in [4.69, 9.17) is 11.6 Å². The molecule has 0 radical (unpaired) electrons. The highest BCUT2D eigenvalue weighted by Gasteiger charge is 2.23. The maximum Gasteiger partial charge on any atom is 0.287 e. The van der Waals surface area contributed by atoms with Gasteiger partial charge in [-0.05, 0) is 39.0 Å². The first-order valence-electron chi connectivity index (χ1n) is 8.08. The van der Waals surface area contributed by atoms with Crippen molar-refractivity contribution >= 4 is 17.3 Å². The van der Waals surface area contributed by atoms with Crippen LogP contribution < -0.4 is 10.9 Å². The summed E-state index contributed by atoms with van der Waals surface area (Å²) in [4.78, 5) is 12.2. The molecule has 0 aliphatic heterocycles. The van der Waals surface area contributed by atoms with Crippen molar-refractivity contribution in [1.82, 2.24) is 9.78 Å². The highest BCUT2D eigenvalue weighted by Crippen LogP contribution is 2.30. The highest BCUT2D eigenvalue weighted by atomic mass is 35.5. The van der Waals surface area contributed by atoms with Crippen LogP contribution in [0.3, 0.4) is 0 Å². The molecule has 1 atom stereocenters. The van der Waals surface area contributed by atoms with Gasteiger partial charge in [-0.3, -0.25) is 4.79 Å². The minimum absolute atomic E-state index is 0.0179. The lowest BCUT2D eigenvalue weighted by Crippen LogP contribution is -2.32. The Kier molecular flexibility index (Phi) is 5.68. The summed E-state index contributed by atoms with van der Waals surface area (Å²) in [5.74, 6) is 0.673. The molecule has 0 aromatic carbocycles. The minimum atomic E-state index is -0.213. The lowest BCUT2D eigenvalue weighted by atomic mass is 9.83. The lowest BCUT2D eigenvalue weighted by molar-refractivity contribution is 0.313. The molecule has 0 amide bonds. The second kappa shape index (κ2) is 7.30. The fraction of sp³-hybridized carbons (Fsp3) is 0.750. The molecular weight excluding hydrogens is 286 g/mol. The first-order valence-corrected chi connectivity index (χ1v) is 8.46. The number of anilines is 1. The third-order valence-electron chi connectivity index (χ3n) is 4.43. The largest absolute Gasteiger partial charge is 0.379 e. The number of hydrogen-bond donors (Lipinski definition) is 1. The molecule has 4 nitrogen and oxygen atoms in total. The summed E-state index contributed by atoms with van der Waals surface area (Å²) in [6, 6.07) is 0.392. The third kappa shape index (κ3) is 3.79. The number of halogens is 1. The lowest BCUT2D eigenvalue weighted by Gasteiger charge is -2.31. The molecule has 1 aromatic rings. The Morgan fingerprint density at radius 2 is 2.05 bits per heavy atom. The predicted molar refractivity (Wildman–Crippen MR) is 88.2 cm³/mol. The topological polar surface area (TPSA) is 46.9 Å². The first kappa shape index (κ1) is 16.3. The van der Waals surface area contributed by atoms with Crippen molar-refractivity contribution in [1.29, 1.82) is 0 Å². The monoisotopic (exact) mass is 311 g/mol. The van der Waals surface area contributed by atoms with Crippen LogP contribution in [0, 0.1) is 5.92 Å². The molecule has 5 heteroatoms. The van der Waals surface area contributed by atoms with Gasteiger partial charge in [-0.2, -0.15) is 5.10 Å². The van der Waals surface area contributed by atoms with E-state index in [9.17, 15) is 4.79 Å². The van der Waals surface area contributed by atoms with E-state index in [0.29, 0.717) is 17.6 Å². The van der Waals surface area contributed by atoms with E-state index in [2.05, 4.69) is 17.3 Å². The molecule has 1 unspecified atom stereocenters. The Morgan fingerprint density at radius 1 is 1.38 bits per heavy atom. The molecule has 21 heavy (non-hydrogen) atoms. The minimum Gasteiger partial charge on any atom is -0.379 e. The van der Waals surface area contributed by atoms with Gasteiger partial charge in [0.15, 0.2) is 0 Å². The first-order chi connectivity index (χ1) is 10.0. The fourth-order valence-electron chi connectivity index (χ4n) is 3.20. The second-order valence-corrected chi connectivity index (χ2v) is 6.65. The summed E-state index contributed by atoms with van der Waals surface area (Å²) in [5, 5.41) is 7.95. The molecule has 0 bridgehead atoms. The van der Waals surface area contributed by atoms with E-state index >= 15 is 0 Å². The van der Waals surface area contributed by atoms with Crippen LogP contribution >= 0.6 is 11.6 Å². The molecule has 1 aliphatic carbocycles. The van der Waals surface area contributed by atoms with Gasteiger partial charge in [0.1, 0.15) is 5.02 Å². The molecule has 2 rings (SSSR count). The molecule has 1 aromatic heterocycles. The van der Waals surface area contributed by atoms with Crippen molar-refractivity contribution in [3.63, 3.8) is 0 Å². The Morgan fingerprint density at radius 3 is 2.62 bits per heavy atom.